The summed E-state index contributed by atoms with van der Waals surface area (Å²) >= 11 is 5.77. The second-order valence-electron chi connectivity index (χ2n) is 4.00. The van der Waals surface area contributed by atoms with Crippen molar-refractivity contribution in [3.8, 4) is 0 Å². The van der Waals surface area contributed by atoms with Gasteiger partial charge < -0.3 is 11.1 Å². The third-order valence-electron chi connectivity index (χ3n) is 2.55. The summed E-state index contributed by atoms with van der Waals surface area (Å²) < 4.78 is 0. The first-order chi connectivity index (χ1) is 9.47. The molecule has 0 radical (unpaired) electrons. The molecular formula is C13H10ClN3O3. The number of nitrogens with zero attached hydrogens (tertiary/aromatic N) is 1. The zero-order valence-electron chi connectivity index (χ0n) is 10.2. The van der Waals surface area contributed by atoms with E-state index in [2.05, 4.69) is 5.32 Å². The number of anilines is 2. The fraction of sp³-hybridized carbons (Fsp3) is 0. The minimum Gasteiger partial charge on any atom is -0.399 e. The zero-order chi connectivity index (χ0) is 14.7. The van der Waals surface area contributed by atoms with Crippen LogP contribution in [0.4, 0.5) is 17.1 Å². The van der Waals surface area contributed by atoms with Crippen molar-refractivity contribution in [2.75, 3.05) is 11.1 Å². The molecule has 0 heterocycles. The van der Waals surface area contributed by atoms with Crippen molar-refractivity contribution in [2.24, 2.45) is 0 Å². The maximum atomic E-state index is 12.0. The van der Waals surface area contributed by atoms with Crippen LogP contribution in [-0.2, 0) is 0 Å². The Kier molecular flexibility index (Phi) is 3.86. The molecule has 1 amide bonds. The van der Waals surface area contributed by atoms with Gasteiger partial charge in [-0.2, -0.15) is 0 Å². The number of halogens is 1. The Balaban J connectivity index is 2.20. The molecule has 0 unspecified atom stereocenters. The number of nitro benzene ring substituents is 1. The lowest BCUT2D eigenvalue weighted by atomic mass is 10.2. The fourth-order valence-electron chi connectivity index (χ4n) is 1.62. The van der Waals surface area contributed by atoms with Crippen molar-refractivity contribution in [3.05, 3.63) is 63.2 Å². The van der Waals surface area contributed by atoms with Crippen molar-refractivity contribution < 1.29 is 9.72 Å². The van der Waals surface area contributed by atoms with Gasteiger partial charge in [-0.25, -0.2) is 0 Å². The van der Waals surface area contributed by atoms with Crippen LogP contribution in [0.1, 0.15) is 10.4 Å². The smallest absolute Gasteiger partial charge is 0.288 e. The Morgan fingerprint density at radius 1 is 1.25 bits per heavy atom. The molecule has 0 saturated heterocycles. The number of carbonyl (C=O) groups excluding carboxylic acids is 1. The van der Waals surface area contributed by atoms with E-state index in [0.717, 1.165) is 0 Å². The quantitative estimate of drug-likeness (QED) is 0.516. The minimum absolute atomic E-state index is 0.0413. The van der Waals surface area contributed by atoms with E-state index in [4.69, 9.17) is 17.3 Å². The van der Waals surface area contributed by atoms with Gasteiger partial charge >= 0.3 is 0 Å². The molecule has 0 aromatic heterocycles. The summed E-state index contributed by atoms with van der Waals surface area (Å²) in [5.74, 6) is -0.373. The molecule has 20 heavy (non-hydrogen) atoms. The Morgan fingerprint density at radius 3 is 2.60 bits per heavy atom. The van der Waals surface area contributed by atoms with Gasteiger partial charge in [0.1, 0.15) is 5.02 Å². The maximum absolute atomic E-state index is 12.0. The van der Waals surface area contributed by atoms with Crippen molar-refractivity contribution in [3.63, 3.8) is 0 Å². The molecule has 0 fully saturated rings. The molecule has 3 N–H and O–H groups in total. The first-order valence-electron chi connectivity index (χ1n) is 5.58. The average Bonchev–Trinajstić information content (AvgIpc) is 2.38. The second-order valence-corrected chi connectivity index (χ2v) is 4.41. The number of amides is 1. The van der Waals surface area contributed by atoms with Crippen molar-refractivity contribution >= 4 is 34.6 Å². The van der Waals surface area contributed by atoms with E-state index in [9.17, 15) is 14.9 Å². The fourth-order valence-corrected chi connectivity index (χ4v) is 1.87. The Hall–Kier alpha value is -2.60. The molecule has 6 nitrogen and oxygen atoms in total. The predicted octanol–water partition coefficient (Wildman–Crippen LogP) is 3.08. The lowest BCUT2D eigenvalue weighted by molar-refractivity contribution is -0.384. The Bertz CT molecular complexity index is 688. The summed E-state index contributed by atoms with van der Waals surface area (Å²) in [6.45, 7) is 0. The number of hydrogen-bond acceptors (Lipinski definition) is 4. The van der Waals surface area contributed by atoms with E-state index in [1.54, 1.807) is 18.2 Å². The van der Waals surface area contributed by atoms with Gasteiger partial charge in [-0.3, -0.25) is 14.9 Å². The zero-order valence-corrected chi connectivity index (χ0v) is 10.9. The van der Waals surface area contributed by atoms with E-state index in [1.807, 2.05) is 0 Å². The highest BCUT2D eigenvalue weighted by Gasteiger charge is 2.13. The molecule has 0 bridgehead atoms. The molecule has 0 saturated carbocycles. The summed E-state index contributed by atoms with van der Waals surface area (Å²) in [7, 11) is 0. The molecular weight excluding hydrogens is 282 g/mol. The van der Waals surface area contributed by atoms with Crippen LogP contribution in [0.5, 0.6) is 0 Å². The van der Waals surface area contributed by atoms with Crippen LogP contribution in [0.25, 0.3) is 0 Å². The van der Waals surface area contributed by atoms with Gasteiger partial charge in [0, 0.05) is 23.0 Å². The van der Waals surface area contributed by atoms with E-state index in [1.165, 1.54) is 24.3 Å². The summed E-state index contributed by atoms with van der Waals surface area (Å²) in [4.78, 5) is 22.0. The number of nitrogen functional groups attached to an aromatic ring is 1. The third-order valence-corrected chi connectivity index (χ3v) is 2.85. The predicted molar refractivity (Wildman–Crippen MR) is 76.9 cm³/mol. The summed E-state index contributed by atoms with van der Waals surface area (Å²) in [6.07, 6.45) is 0. The van der Waals surface area contributed by atoms with E-state index in [0.29, 0.717) is 16.9 Å². The molecule has 0 aliphatic rings. The van der Waals surface area contributed by atoms with Crippen LogP contribution in [0.15, 0.2) is 42.5 Å². The molecule has 7 heteroatoms. The SMILES string of the molecule is Nc1cccc(C(=O)Nc2ccc([N+](=O)[O-])c(Cl)c2)c1. The largest absolute Gasteiger partial charge is 0.399 e. The van der Waals surface area contributed by atoms with Gasteiger partial charge in [-0.15, -0.1) is 0 Å². The average molecular weight is 292 g/mol. The number of benzene rings is 2. The molecule has 2 aromatic rings. The molecule has 2 aromatic carbocycles. The summed E-state index contributed by atoms with van der Waals surface area (Å²) in [5.41, 5.74) is 6.61. The molecule has 2 rings (SSSR count). The van der Waals surface area contributed by atoms with Crippen LogP contribution in [-0.4, -0.2) is 10.8 Å². The number of nitrogens with two attached hydrogens (primary N) is 1. The Morgan fingerprint density at radius 2 is 2.00 bits per heavy atom. The van der Waals surface area contributed by atoms with Crippen LogP contribution in [0.3, 0.4) is 0 Å². The van der Waals surface area contributed by atoms with Gasteiger partial charge in [0.2, 0.25) is 0 Å². The lowest BCUT2D eigenvalue weighted by Crippen LogP contribution is -2.12. The van der Waals surface area contributed by atoms with Crippen molar-refractivity contribution in [2.45, 2.75) is 0 Å². The van der Waals surface area contributed by atoms with Gasteiger partial charge in [0.05, 0.1) is 4.92 Å². The Labute approximate surface area is 119 Å². The monoisotopic (exact) mass is 291 g/mol. The normalized spacial score (nSPS) is 10.1. The highest BCUT2D eigenvalue weighted by atomic mass is 35.5. The molecule has 102 valence electrons. The minimum atomic E-state index is -0.591. The van der Waals surface area contributed by atoms with E-state index < -0.39 is 4.92 Å². The molecule has 0 spiro atoms. The molecule has 0 aliphatic heterocycles. The van der Waals surface area contributed by atoms with Crippen molar-refractivity contribution in [1.29, 1.82) is 0 Å². The maximum Gasteiger partial charge on any atom is 0.288 e. The molecule has 0 aliphatic carbocycles. The van der Waals surface area contributed by atoms with Gasteiger partial charge in [-0.05, 0) is 30.3 Å². The number of nitro groups is 1. The van der Waals surface area contributed by atoms with E-state index >= 15 is 0 Å². The highest BCUT2D eigenvalue weighted by molar-refractivity contribution is 6.33. The van der Waals surface area contributed by atoms with Crippen LogP contribution in [0, 0.1) is 10.1 Å². The first-order valence-corrected chi connectivity index (χ1v) is 5.96. The number of carbonyl (C=O) groups is 1. The summed E-state index contributed by atoms with van der Waals surface area (Å²) in [6, 6.07) is 10.4. The van der Waals surface area contributed by atoms with Gasteiger partial charge in [0.25, 0.3) is 11.6 Å². The number of hydrogen-bond donors (Lipinski definition) is 2. The number of nitrogens with one attached hydrogen (secondary N) is 1. The second kappa shape index (κ2) is 5.58. The third kappa shape index (κ3) is 3.04. The number of rotatable bonds is 3. The standard InChI is InChI=1S/C13H10ClN3O3/c14-11-7-10(4-5-12(11)17(19)20)16-13(18)8-2-1-3-9(15)6-8/h1-7H,15H2,(H,16,18). The highest BCUT2D eigenvalue weighted by Crippen LogP contribution is 2.27. The van der Waals surface area contributed by atoms with Gasteiger partial charge in [-0.1, -0.05) is 17.7 Å². The molecule has 0 atom stereocenters. The summed E-state index contributed by atoms with van der Waals surface area (Å²) in [5, 5.41) is 13.2. The van der Waals surface area contributed by atoms with E-state index in [-0.39, 0.29) is 16.6 Å². The lowest BCUT2D eigenvalue weighted by Gasteiger charge is -2.06. The first kappa shape index (κ1) is 13.8. The van der Waals surface area contributed by atoms with Crippen LogP contribution >= 0.6 is 11.6 Å². The van der Waals surface area contributed by atoms with Crippen LogP contribution < -0.4 is 11.1 Å². The topological polar surface area (TPSA) is 98.3 Å². The van der Waals surface area contributed by atoms with Crippen LogP contribution in [0.2, 0.25) is 5.02 Å². The van der Waals surface area contributed by atoms with Gasteiger partial charge in [0.15, 0.2) is 0 Å². The van der Waals surface area contributed by atoms with Crippen molar-refractivity contribution in [1.82, 2.24) is 0 Å².